The first-order valence-electron chi connectivity index (χ1n) is 7.15. The van der Waals surface area contributed by atoms with Crippen molar-refractivity contribution >= 4 is 38.9 Å². The summed E-state index contributed by atoms with van der Waals surface area (Å²) < 4.78 is 30.9. The van der Waals surface area contributed by atoms with Crippen molar-refractivity contribution in [3.8, 4) is 5.75 Å². The summed E-state index contributed by atoms with van der Waals surface area (Å²) in [6, 6.07) is 13.5. The second kappa shape index (κ2) is 6.33. The van der Waals surface area contributed by atoms with Crippen molar-refractivity contribution in [3.05, 3.63) is 53.6 Å². The van der Waals surface area contributed by atoms with Crippen molar-refractivity contribution in [2.45, 2.75) is 6.10 Å². The Kier molecular flexibility index (Phi) is 4.38. The molecule has 1 aliphatic heterocycles. The van der Waals surface area contributed by atoms with Gasteiger partial charge in [-0.1, -0.05) is 35.9 Å². The van der Waals surface area contributed by atoms with E-state index in [4.69, 9.17) is 16.3 Å². The fraction of sp³-hybridized carbons (Fsp3) is 0.188. The molecule has 1 aliphatic rings. The fourth-order valence-corrected chi connectivity index (χ4v) is 3.53. The minimum Gasteiger partial charge on any atom is -0.476 e. The number of nitrogens with one attached hydrogen (secondary N) is 1. The van der Waals surface area contributed by atoms with Crippen LogP contribution in [-0.2, 0) is 14.8 Å². The molecule has 8 heteroatoms. The molecule has 0 radical (unpaired) electrons. The molecule has 126 valence electrons. The van der Waals surface area contributed by atoms with Gasteiger partial charge in [0.1, 0.15) is 5.75 Å². The summed E-state index contributed by atoms with van der Waals surface area (Å²) in [6.45, 7) is -0.105. The molecule has 0 saturated carbocycles. The van der Waals surface area contributed by atoms with Gasteiger partial charge in [0, 0.05) is 0 Å². The molecule has 0 fully saturated rings. The fourth-order valence-electron chi connectivity index (χ4n) is 2.43. The van der Waals surface area contributed by atoms with E-state index in [-0.39, 0.29) is 6.54 Å². The maximum absolute atomic E-state index is 12.5. The zero-order valence-electron chi connectivity index (χ0n) is 12.8. The van der Waals surface area contributed by atoms with Crippen molar-refractivity contribution in [2.24, 2.45) is 0 Å². The average molecular weight is 367 g/mol. The molecule has 2 aromatic rings. The van der Waals surface area contributed by atoms with Crippen molar-refractivity contribution in [2.75, 3.05) is 22.4 Å². The third-order valence-corrected chi connectivity index (χ3v) is 5.04. The normalized spacial score (nSPS) is 16.9. The van der Waals surface area contributed by atoms with Crippen molar-refractivity contribution in [1.29, 1.82) is 0 Å². The topological polar surface area (TPSA) is 75.7 Å². The van der Waals surface area contributed by atoms with Gasteiger partial charge >= 0.3 is 0 Å². The Morgan fingerprint density at radius 2 is 1.88 bits per heavy atom. The van der Waals surface area contributed by atoms with Crippen molar-refractivity contribution < 1.29 is 17.9 Å². The number of benzene rings is 2. The van der Waals surface area contributed by atoms with Gasteiger partial charge in [-0.05, 0) is 24.3 Å². The van der Waals surface area contributed by atoms with Crippen LogP contribution in [0, 0.1) is 0 Å². The van der Waals surface area contributed by atoms with Crippen LogP contribution in [0.15, 0.2) is 48.5 Å². The summed E-state index contributed by atoms with van der Waals surface area (Å²) in [6.07, 6.45) is 0.115. The largest absolute Gasteiger partial charge is 0.476 e. The van der Waals surface area contributed by atoms with Gasteiger partial charge in [-0.3, -0.25) is 9.10 Å². The Hall–Kier alpha value is -2.25. The van der Waals surface area contributed by atoms with Crippen LogP contribution in [0.25, 0.3) is 0 Å². The SMILES string of the molecule is CS(=O)(=O)N1C[C@H](C(=O)Nc2ccccc2Cl)Oc2ccccc21. The summed E-state index contributed by atoms with van der Waals surface area (Å²) >= 11 is 6.03. The van der Waals surface area contributed by atoms with Crippen LogP contribution in [-0.4, -0.2) is 33.2 Å². The maximum Gasteiger partial charge on any atom is 0.267 e. The predicted molar refractivity (Wildman–Crippen MR) is 93.1 cm³/mol. The first-order valence-corrected chi connectivity index (χ1v) is 9.37. The van der Waals surface area contributed by atoms with E-state index in [2.05, 4.69) is 5.32 Å². The number of hydrogen-bond acceptors (Lipinski definition) is 4. The maximum atomic E-state index is 12.5. The minimum atomic E-state index is -3.54. The molecule has 0 spiro atoms. The van der Waals surface area contributed by atoms with E-state index in [0.717, 1.165) is 6.26 Å². The third kappa shape index (κ3) is 3.32. The van der Waals surface area contributed by atoms with E-state index in [0.29, 0.717) is 22.1 Å². The average Bonchev–Trinajstić information content (AvgIpc) is 2.55. The van der Waals surface area contributed by atoms with Gasteiger partial charge in [-0.15, -0.1) is 0 Å². The number of fused-ring (bicyclic) bond motifs is 1. The molecule has 2 aromatic carbocycles. The van der Waals surface area contributed by atoms with Gasteiger partial charge in [-0.25, -0.2) is 8.42 Å². The van der Waals surface area contributed by atoms with Gasteiger partial charge < -0.3 is 10.1 Å². The quantitative estimate of drug-likeness (QED) is 0.905. The Morgan fingerprint density at radius 3 is 2.58 bits per heavy atom. The number of carbonyl (C=O) groups is 1. The summed E-state index contributed by atoms with van der Waals surface area (Å²) in [4.78, 5) is 12.5. The van der Waals surface area contributed by atoms with Crippen LogP contribution in [0.4, 0.5) is 11.4 Å². The lowest BCUT2D eigenvalue weighted by atomic mass is 10.2. The monoisotopic (exact) mass is 366 g/mol. The Balaban J connectivity index is 1.88. The highest BCUT2D eigenvalue weighted by atomic mass is 35.5. The third-order valence-electron chi connectivity index (χ3n) is 3.56. The number of para-hydroxylation sites is 3. The van der Waals surface area contributed by atoms with Crippen molar-refractivity contribution in [1.82, 2.24) is 0 Å². The Labute approximate surface area is 145 Å². The second-order valence-corrected chi connectivity index (χ2v) is 7.65. The van der Waals surface area contributed by atoms with Gasteiger partial charge in [0.15, 0.2) is 6.10 Å². The number of sulfonamides is 1. The van der Waals surface area contributed by atoms with Crippen LogP contribution in [0.1, 0.15) is 0 Å². The zero-order valence-corrected chi connectivity index (χ0v) is 14.3. The molecule has 0 aromatic heterocycles. The number of carbonyl (C=O) groups excluding carboxylic acids is 1. The first-order chi connectivity index (χ1) is 11.4. The van der Waals surface area contributed by atoms with Crippen LogP contribution in [0.3, 0.4) is 0 Å². The molecule has 6 nitrogen and oxygen atoms in total. The van der Waals surface area contributed by atoms with E-state index in [1.165, 1.54) is 4.31 Å². The highest BCUT2D eigenvalue weighted by Crippen LogP contribution is 2.35. The van der Waals surface area contributed by atoms with Crippen molar-refractivity contribution in [3.63, 3.8) is 0 Å². The predicted octanol–water partition coefficient (Wildman–Crippen LogP) is 2.51. The van der Waals surface area contributed by atoms with Gasteiger partial charge in [0.2, 0.25) is 10.0 Å². The number of anilines is 2. The molecule has 0 saturated heterocycles. The van der Waals surface area contributed by atoms with E-state index in [1.807, 2.05) is 0 Å². The number of nitrogens with zero attached hydrogens (tertiary/aromatic N) is 1. The number of rotatable bonds is 3. The molecule has 0 aliphatic carbocycles. The summed E-state index contributed by atoms with van der Waals surface area (Å²) in [5.41, 5.74) is 0.860. The summed E-state index contributed by atoms with van der Waals surface area (Å²) in [7, 11) is -3.54. The molecule has 1 amide bonds. The minimum absolute atomic E-state index is 0.105. The standard InChI is InChI=1S/C16H15ClN2O4S/c1-24(21,22)19-10-15(23-14-9-5-4-8-13(14)19)16(20)18-12-7-3-2-6-11(12)17/h2-9,15H,10H2,1H3,(H,18,20)/t15-/m1/s1. The van der Waals surface area contributed by atoms with E-state index >= 15 is 0 Å². The summed E-state index contributed by atoms with van der Waals surface area (Å²) in [5.74, 6) is -0.125. The number of ether oxygens (including phenoxy) is 1. The number of halogens is 1. The molecule has 1 heterocycles. The summed E-state index contributed by atoms with van der Waals surface area (Å²) in [5, 5.41) is 3.06. The molecule has 3 rings (SSSR count). The van der Waals surface area contributed by atoms with E-state index in [1.54, 1.807) is 48.5 Å². The Bertz CT molecular complexity index is 885. The van der Waals surface area contributed by atoms with Gasteiger partial charge in [0.05, 0.1) is 29.2 Å². The van der Waals surface area contributed by atoms with Gasteiger partial charge in [0.25, 0.3) is 5.91 Å². The molecule has 1 atom stereocenters. The Morgan fingerprint density at radius 1 is 1.21 bits per heavy atom. The van der Waals surface area contributed by atoms with Crippen LogP contribution < -0.4 is 14.4 Å². The smallest absolute Gasteiger partial charge is 0.267 e. The highest BCUT2D eigenvalue weighted by Gasteiger charge is 2.34. The molecule has 0 unspecified atom stereocenters. The lowest BCUT2D eigenvalue weighted by Gasteiger charge is -2.33. The van der Waals surface area contributed by atoms with Crippen LogP contribution in [0.2, 0.25) is 5.02 Å². The van der Waals surface area contributed by atoms with E-state index < -0.39 is 22.0 Å². The lowest BCUT2D eigenvalue weighted by Crippen LogP contribution is -2.48. The first kappa shape index (κ1) is 16.6. The zero-order chi connectivity index (χ0) is 17.3. The lowest BCUT2D eigenvalue weighted by molar-refractivity contribution is -0.122. The molecule has 1 N–H and O–H groups in total. The van der Waals surface area contributed by atoms with Gasteiger partial charge in [-0.2, -0.15) is 0 Å². The van der Waals surface area contributed by atoms with Crippen LogP contribution >= 0.6 is 11.6 Å². The molecule has 24 heavy (non-hydrogen) atoms. The second-order valence-electron chi connectivity index (χ2n) is 5.34. The van der Waals surface area contributed by atoms with Crippen LogP contribution in [0.5, 0.6) is 5.75 Å². The number of hydrogen-bond donors (Lipinski definition) is 1. The molecular formula is C16H15ClN2O4S. The number of amides is 1. The van der Waals surface area contributed by atoms with E-state index in [9.17, 15) is 13.2 Å². The molecular weight excluding hydrogens is 352 g/mol. The molecule has 0 bridgehead atoms. The highest BCUT2D eigenvalue weighted by molar-refractivity contribution is 7.92.